The maximum atomic E-state index is 13.3. The molecule has 4 rings (SSSR count). The minimum atomic E-state index is -0.824. The molecule has 3 aromatic rings. The van der Waals surface area contributed by atoms with Gasteiger partial charge in [0.25, 0.3) is 5.56 Å². The van der Waals surface area contributed by atoms with Crippen LogP contribution in [0.5, 0.6) is 11.5 Å². The molecule has 0 unspecified atom stereocenters. The van der Waals surface area contributed by atoms with Crippen LogP contribution in [0.25, 0.3) is 17.5 Å². The molecule has 2 heterocycles. The van der Waals surface area contributed by atoms with Crippen molar-refractivity contribution in [3.05, 3.63) is 84.8 Å². The quantitative estimate of drug-likeness (QED) is 0.556. The highest BCUT2D eigenvalue weighted by molar-refractivity contribution is 7.07. The molecule has 2 aromatic carbocycles. The first-order valence-corrected chi connectivity index (χ1v) is 11.0. The number of benzene rings is 2. The zero-order valence-electron chi connectivity index (χ0n) is 18.7. The van der Waals surface area contributed by atoms with Gasteiger partial charge in [0.05, 0.1) is 49.0 Å². The maximum Gasteiger partial charge on any atom is 0.338 e. The molecule has 1 aliphatic heterocycles. The Balaban J connectivity index is 2.06. The average Bonchev–Trinajstić information content (AvgIpc) is 3.19. The number of hydrogen-bond donors (Lipinski definition) is 1. The summed E-state index contributed by atoms with van der Waals surface area (Å²) in [5, 5.41) is 10.1. The second-order valence-electron chi connectivity index (χ2n) is 7.36. The lowest BCUT2D eigenvalue weighted by Gasteiger charge is -2.25. The molecule has 0 fully saturated rings. The molecule has 1 aromatic heterocycles. The van der Waals surface area contributed by atoms with Crippen LogP contribution >= 0.6 is 11.3 Å². The second-order valence-corrected chi connectivity index (χ2v) is 8.39. The first kappa shape index (κ1) is 22.9. The standard InChI is InChI=1S/C25H21N3O5S/c1-31-16-8-4-6-14(10-16)11-19-23(29)28-22(27)21(25(30)33-3)20(18(13-26)24(28)34-19)15-7-5-9-17(12-15)32-2/h4-12,20H,27H2,1-3H3/b19-11+/t20-/m1/s1. The van der Waals surface area contributed by atoms with Gasteiger partial charge in [-0.15, -0.1) is 11.3 Å². The largest absolute Gasteiger partial charge is 0.497 e. The van der Waals surface area contributed by atoms with Gasteiger partial charge in [-0.2, -0.15) is 5.26 Å². The number of esters is 1. The molecule has 0 spiro atoms. The first-order chi connectivity index (χ1) is 16.4. The Hall–Kier alpha value is -4.29. The molecule has 0 saturated heterocycles. The highest BCUT2D eigenvalue weighted by Crippen LogP contribution is 2.37. The fourth-order valence-corrected chi connectivity index (χ4v) is 5.03. The molecule has 0 saturated carbocycles. The van der Waals surface area contributed by atoms with E-state index in [-0.39, 0.29) is 17.0 Å². The second kappa shape index (κ2) is 9.29. The van der Waals surface area contributed by atoms with Crippen LogP contribution in [0.2, 0.25) is 0 Å². The number of carbonyl (C=O) groups excluding carboxylic acids is 1. The molecule has 0 amide bonds. The number of aromatic nitrogens is 1. The van der Waals surface area contributed by atoms with Gasteiger partial charge in [0.15, 0.2) is 0 Å². The van der Waals surface area contributed by atoms with E-state index in [9.17, 15) is 14.9 Å². The number of hydrogen-bond acceptors (Lipinski definition) is 8. The number of nitriles is 1. The molecule has 8 nitrogen and oxygen atoms in total. The van der Waals surface area contributed by atoms with E-state index in [0.717, 1.165) is 16.9 Å². The Morgan fingerprint density at radius 3 is 2.44 bits per heavy atom. The number of thiazole rings is 1. The molecular formula is C25H21N3O5S. The summed E-state index contributed by atoms with van der Waals surface area (Å²) in [6.07, 6.45) is 1.70. The Kier molecular flexibility index (Phi) is 6.25. The van der Waals surface area contributed by atoms with Crippen LogP contribution in [0.3, 0.4) is 0 Å². The summed E-state index contributed by atoms with van der Waals surface area (Å²) in [5.41, 5.74) is 7.56. The highest BCUT2D eigenvalue weighted by Gasteiger charge is 2.36. The zero-order valence-corrected chi connectivity index (χ0v) is 19.5. The van der Waals surface area contributed by atoms with Crippen molar-refractivity contribution in [3.8, 4) is 17.6 Å². The molecule has 0 aliphatic carbocycles. The van der Waals surface area contributed by atoms with Crippen molar-refractivity contribution in [1.82, 2.24) is 4.57 Å². The van der Waals surface area contributed by atoms with Gasteiger partial charge in [-0.05, 0) is 41.5 Å². The van der Waals surface area contributed by atoms with Crippen molar-refractivity contribution in [3.63, 3.8) is 0 Å². The summed E-state index contributed by atoms with van der Waals surface area (Å²) in [6, 6.07) is 16.4. The smallest absolute Gasteiger partial charge is 0.338 e. The van der Waals surface area contributed by atoms with Gasteiger partial charge in [0.2, 0.25) is 0 Å². The fraction of sp³-hybridized carbons (Fsp3) is 0.160. The van der Waals surface area contributed by atoms with E-state index in [0.29, 0.717) is 26.3 Å². The van der Waals surface area contributed by atoms with E-state index in [1.807, 2.05) is 12.1 Å². The van der Waals surface area contributed by atoms with E-state index in [1.54, 1.807) is 49.6 Å². The Morgan fingerprint density at radius 1 is 1.12 bits per heavy atom. The van der Waals surface area contributed by atoms with Crippen molar-refractivity contribution >= 4 is 34.8 Å². The molecule has 9 heteroatoms. The van der Waals surface area contributed by atoms with E-state index in [4.69, 9.17) is 19.9 Å². The van der Waals surface area contributed by atoms with Gasteiger partial charge in [0.1, 0.15) is 22.0 Å². The topological polar surface area (TPSA) is 117 Å². The third-order valence-corrected chi connectivity index (χ3v) is 6.60. The van der Waals surface area contributed by atoms with Crippen molar-refractivity contribution in [2.24, 2.45) is 5.73 Å². The number of methoxy groups -OCH3 is 3. The van der Waals surface area contributed by atoms with Gasteiger partial charge < -0.3 is 19.9 Å². The summed E-state index contributed by atoms with van der Waals surface area (Å²) in [5.74, 6) is -0.417. The number of ether oxygens (including phenoxy) is 3. The Bertz CT molecular complexity index is 1540. The normalized spacial score (nSPS) is 15.5. The number of rotatable bonds is 5. The molecule has 0 radical (unpaired) electrons. The summed E-state index contributed by atoms with van der Waals surface area (Å²) in [7, 11) is 4.31. The lowest BCUT2D eigenvalue weighted by molar-refractivity contribution is -0.136. The Labute approximate surface area is 199 Å². The monoisotopic (exact) mass is 475 g/mol. The van der Waals surface area contributed by atoms with Gasteiger partial charge in [-0.25, -0.2) is 4.79 Å². The highest BCUT2D eigenvalue weighted by atomic mass is 32.1. The number of nitrogens with two attached hydrogens (primary N) is 1. The third kappa shape index (κ3) is 3.84. The van der Waals surface area contributed by atoms with Crippen LogP contribution < -0.4 is 30.0 Å². The number of fused-ring (bicyclic) bond motifs is 1. The van der Waals surface area contributed by atoms with E-state index in [2.05, 4.69) is 6.07 Å². The first-order valence-electron chi connectivity index (χ1n) is 10.2. The summed E-state index contributed by atoms with van der Waals surface area (Å²) < 4.78 is 17.5. The van der Waals surface area contributed by atoms with Crippen LogP contribution in [-0.4, -0.2) is 31.9 Å². The van der Waals surface area contributed by atoms with Crippen LogP contribution in [-0.2, 0) is 9.53 Å². The predicted octanol–water partition coefficient (Wildman–Crippen LogP) is 1.53. The molecule has 1 aliphatic rings. The van der Waals surface area contributed by atoms with Gasteiger partial charge >= 0.3 is 5.97 Å². The lowest BCUT2D eigenvalue weighted by atomic mass is 9.83. The predicted molar refractivity (Wildman–Crippen MR) is 129 cm³/mol. The Morgan fingerprint density at radius 2 is 1.79 bits per heavy atom. The zero-order chi connectivity index (χ0) is 24.4. The number of carbonyl (C=O) groups is 1. The summed E-state index contributed by atoms with van der Waals surface area (Å²) >= 11 is 1.13. The minimum absolute atomic E-state index is 0.0210. The van der Waals surface area contributed by atoms with E-state index in [1.165, 1.54) is 18.8 Å². The lowest BCUT2D eigenvalue weighted by Crippen LogP contribution is -2.40. The van der Waals surface area contributed by atoms with Crippen LogP contribution in [0, 0.1) is 11.3 Å². The fourth-order valence-electron chi connectivity index (χ4n) is 3.90. The van der Waals surface area contributed by atoms with Crippen LogP contribution in [0.15, 0.2) is 58.9 Å². The van der Waals surface area contributed by atoms with Crippen molar-refractivity contribution in [2.75, 3.05) is 21.3 Å². The molecular weight excluding hydrogens is 454 g/mol. The third-order valence-electron chi connectivity index (χ3n) is 5.49. The van der Waals surface area contributed by atoms with E-state index < -0.39 is 17.4 Å². The molecule has 34 heavy (non-hydrogen) atoms. The number of nitrogens with zero attached hydrogens (tertiary/aromatic N) is 2. The molecule has 0 bridgehead atoms. The van der Waals surface area contributed by atoms with Crippen molar-refractivity contribution < 1.29 is 19.0 Å². The van der Waals surface area contributed by atoms with Crippen LogP contribution in [0.4, 0.5) is 0 Å². The summed E-state index contributed by atoms with van der Waals surface area (Å²) in [6.45, 7) is 0. The molecule has 2 N–H and O–H groups in total. The minimum Gasteiger partial charge on any atom is -0.497 e. The molecule has 1 atom stereocenters. The van der Waals surface area contributed by atoms with Gasteiger partial charge in [0, 0.05) is 0 Å². The molecule has 172 valence electrons. The average molecular weight is 476 g/mol. The van der Waals surface area contributed by atoms with Crippen molar-refractivity contribution in [2.45, 2.75) is 5.92 Å². The van der Waals surface area contributed by atoms with Crippen molar-refractivity contribution in [1.29, 1.82) is 5.26 Å². The van der Waals surface area contributed by atoms with Gasteiger partial charge in [-0.1, -0.05) is 24.3 Å². The SMILES string of the molecule is COC(=O)C1=C(N)n2c(s/c(=C/c3cccc(OC)c3)c2=O)=C(C#N)[C@H]1c1cccc(OC)c1. The van der Waals surface area contributed by atoms with Gasteiger partial charge in [-0.3, -0.25) is 9.36 Å². The maximum absolute atomic E-state index is 13.3. The summed E-state index contributed by atoms with van der Waals surface area (Å²) in [4.78, 5) is 26.2. The van der Waals surface area contributed by atoms with Crippen LogP contribution in [0.1, 0.15) is 17.0 Å². The van der Waals surface area contributed by atoms with E-state index >= 15 is 0 Å².